The molecule has 3 amide bonds. The van der Waals surface area contributed by atoms with Crippen LogP contribution in [0.2, 0.25) is 0 Å². The molecule has 1 aliphatic rings. The molecule has 0 spiro atoms. The number of para-hydroxylation sites is 1. The lowest BCUT2D eigenvalue weighted by Gasteiger charge is -2.17. The number of fused-ring (bicyclic) bond motifs is 2. The van der Waals surface area contributed by atoms with Gasteiger partial charge in [0.05, 0.1) is 34.2 Å². The molecular weight excluding hydrogens is 402 g/mol. The number of carbonyl (C=O) groups excluding carboxylic acids is 3. The Morgan fingerprint density at radius 1 is 0.875 bits per heavy atom. The maximum Gasteiger partial charge on any atom is 0.266 e. The molecule has 0 bridgehead atoms. The summed E-state index contributed by atoms with van der Waals surface area (Å²) in [5, 5.41) is 3.72. The Balaban J connectivity index is 1.45. The van der Waals surface area contributed by atoms with Gasteiger partial charge >= 0.3 is 0 Å². The summed E-state index contributed by atoms with van der Waals surface area (Å²) in [4.78, 5) is 44.4. The Bertz CT molecular complexity index is 1440. The summed E-state index contributed by atoms with van der Waals surface area (Å²) in [6.07, 6.45) is 1.59. The molecule has 2 heterocycles. The second kappa shape index (κ2) is 7.42. The minimum Gasteiger partial charge on any atom is -0.321 e. The number of hydrogen-bond donors (Lipinski definition) is 1. The highest BCUT2D eigenvalue weighted by Crippen LogP contribution is 2.32. The summed E-state index contributed by atoms with van der Waals surface area (Å²) in [5.74, 6) is -1.19. The molecule has 32 heavy (non-hydrogen) atoms. The predicted octanol–water partition coefficient (Wildman–Crippen LogP) is 4.90. The largest absolute Gasteiger partial charge is 0.321 e. The molecule has 0 atom stereocenters. The normalized spacial score (nSPS) is 12.9. The number of benzene rings is 3. The van der Waals surface area contributed by atoms with E-state index in [9.17, 15) is 14.4 Å². The van der Waals surface area contributed by atoms with Gasteiger partial charge in [-0.3, -0.25) is 19.4 Å². The zero-order valence-corrected chi connectivity index (χ0v) is 17.5. The highest BCUT2D eigenvalue weighted by molar-refractivity contribution is 6.35. The van der Waals surface area contributed by atoms with Crippen LogP contribution in [-0.2, 0) is 0 Å². The number of pyridine rings is 1. The van der Waals surface area contributed by atoms with E-state index in [1.54, 1.807) is 12.3 Å². The molecule has 156 valence electrons. The first-order valence-electron chi connectivity index (χ1n) is 10.2. The third-order valence-electron chi connectivity index (χ3n) is 5.60. The van der Waals surface area contributed by atoms with Gasteiger partial charge in [0, 0.05) is 10.9 Å². The summed E-state index contributed by atoms with van der Waals surface area (Å²) in [5.41, 5.74) is 4.52. The minimum atomic E-state index is -0.430. The van der Waals surface area contributed by atoms with Crippen molar-refractivity contribution in [1.29, 1.82) is 0 Å². The van der Waals surface area contributed by atoms with Gasteiger partial charge in [0.15, 0.2) is 0 Å². The van der Waals surface area contributed by atoms with Gasteiger partial charge in [-0.05, 0) is 61.4 Å². The van der Waals surface area contributed by atoms with Crippen molar-refractivity contribution < 1.29 is 14.4 Å². The second-order valence-electron chi connectivity index (χ2n) is 7.87. The topological polar surface area (TPSA) is 79.4 Å². The molecular formula is C26H19N3O3. The third kappa shape index (κ3) is 3.22. The van der Waals surface area contributed by atoms with Crippen LogP contribution in [0.3, 0.4) is 0 Å². The Morgan fingerprint density at radius 3 is 2.50 bits per heavy atom. The van der Waals surface area contributed by atoms with Gasteiger partial charge < -0.3 is 5.32 Å². The van der Waals surface area contributed by atoms with E-state index in [1.165, 1.54) is 17.0 Å². The van der Waals surface area contributed by atoms with Crippen molar-refractivity contribution >= 4 is 40.0 Å². The zero-order chi connectivity index (χ0) is 22.4. The summed E-state index contributed by atoms with van der Waals surface area (Å²) in [6.45, 7) is 3.76. The predicted molar refractivity (Wildman–Crippen MR) is 123 cm³/mol. The SMILES string of the molecule is Cc1ccc(C)c(N2C(=O)c3ccc(C(=O)Nc4cnc5ccccc5c4)cc3C2=O)c1. The lowest BCUT2D eigenvalue weighted by Crippen LogP contribution is -2.30. The first kappa shape index (κ1) is 19.6. The number of imide groups is 1. The van der Waals surface area contributed by atoms with Gasteiger partial charge in [-0.25, -0.2) is 4.90 Å². The number of nitrogens with zero attached hydrogens (tertiary/aromatic N) is 2. The van der Waals surface area contributed by atoms with Crippen molar-refractivity contribution in [3.8, 4) is 0 Å². The molecule has 0 radical (unpaired) electrons. The maximum absolute atomic E-state index is 13.1. The van der Waals surface area contributed by atoms with E-state index < -0.39 is 5.91 Å². The molecule has 0 aliphatic carbocycles. The average molecular weight is 421 g/mol. The van der Waals surface area contributed by atoms with Crippen LogP contribution in [0.4, 0.5) is 11.4 Å². The molecule has 1 N–H and O–H groups in total. The fourth-order valence-corrected chi connectivity index (χ4v) is 3.90. The Hall–Kier alpha value is -4.32. The van der Waals surface area contributed by atoms with Gasteiger partial charge in [0.1, 0.15) is 0 Å². The van der Waals surface area contributed by atoms with E-state index in [0.29, 0.717) is 22.5 Å². The number of hydrogen-bond acceptors (Lipinski definition) is 4. The quantitative estimate of drug-likeness (QED) is 0.477. The number of nitrogens with one attached hydrogen (secondary N) is 1. The Labute approximate surface area is 184 Å². The molecule has 0 unspecified atom stereocenters. The number of aromatic nitrogens is 1. The standard InChI is InChI=1S/C26H19N3O3/c1-15-7-8-16(2)23(11-15)29-25(31)20-10-9-18(13-21(20)26(29)32)24(30)28-19-12-17-5-3-4-6-22(17)27-14-19/h3-14H,1-2H3,(H,28,30). The third-order valence-corrected chi connectivity index (χ3v) is 5.60. The summed E-state index contributed by atoms with van der Waals surface area (Å²) in [7, 11) is 0. The van der Waals surface area contributed by atoms with Crippen molar-refractivity contribution in [3.63, 3.8) is 0 Å². The van der Waals surface area contributed by atoms with E-state index in [-0.39, 0.29) is 17.4 Å². The summed E-state index contributed by atoms with van der Waals surface area (Å²) >= 11 is 0. The van der Waals surface area contributed by atoms with Crippen molar-refractivity contribution in [2.45, 2.75) is 13.8 Å². The van der Waals surface area contributed by atoms with E-state index in [4.69, 9.17) is 0 Å². The molecule has 4 aromatic rings. The molecule has 1 aromatic heterocycles. The first-order chi connectivity index (χ1) is 15.4. The van der Waals surface area contributed by atoms with Gasteiger partial charge in [0.25, 0.3) is 17.7 Å². The van der Waals surface area contributed by atoms with Crippen molar-refractivity contribution in [2.75, 3.05) is 10.2 Å². The van der Waals surface area contributed by atoms with Gasteiger partial charge in [-0.1, -0.05) is 30.3 Å². The molecule has 6 heteroatoms. The molecule has 0 saturated heterocycles. The van der Waals surface area contributed by atoms with Crippen LogP contribution >= 0.6 is 0 Å². The smallest absolute Gasteiger partial charge is 0.266 e. The number of rotatable bonds is 3. The van der Waals surface area contributed by atoms with Gasteiger partial charge in [0.2, 0.25) is 0 Å². The van der Waals surface area contributed by atoms with Crippen LogP contribution in [0.5, 0.6) is 0 Å². The zero-order valence-electron chi connectivity index (χ0n) is 17.5. The molecule has 3 aromatic carbocycles. The first-order valence-corrected chi connectivity index (χ1v) is 10.2. The van der Waals surface area contributed by atoms with Crippen molar-refractivity contribution in [1.82, 2.24) is 4.98 Å². The fraction of sp³-hybridized carbons (Fsp3) is 0.0769. The average Bonchev–Trinajstić information content (AvgIpc) is 3.05. The summed E-state index contributed by atoms with van der Waals surface area (Å²) < 4.78 is 0. The Morgan fingerprint density at radius 2 is 1.66 bits per heavy atom. The van der Waals surface area contributed by atoms with Crippen LogP contribution in [0.1, 0.15) is 42.2 Å². The fourth-order valence-electron chi connectivity index (χ4n) is 3.90. The van der Waals surface area contributed by atoms with Crippen LogP contribution < -0.4 is 10.2 Å². The van der Waals surface area contributed by atoms with Crippen LogP contribution in [0, 0.1) is 13.8 Å². The van der Waals surface area contributed by atoms with Gasteiger partial charge in [-0.15, -0.1) is 0 Å². The van der Waals surface area contributed by atoms with Crippen molar-refractivity contribution in [3.05, 3.63) is 101 Å². The lowest BCUT2D eigenvalue weighted by molar-refractivity contribution is 0.0925. The maximum atomic E-state index is 13.1. The minimum absolute atomic E-state index is 0.222. The van der Waals surface area contributed by atoms with Gasteiger partial charge in [-0.2, -0.15) is 0 Å². The van der Waals surface area contributed by atoms with E-state index in [2.05, 4.69) is 10.3 Å². The molecule has 0 fully saturated rings. The molecule has 5 rings (SSSR count). The molecule has 0 saturated carbocycles. The lowest BCUT2D eigenvalue weighted by atomic mass is 10.1. The monoisotopic (exact) mass is 421 g/mol. The molecule has 1 aliphatic heterocycles. The molecule has 6 nitrogen and oxygen atoms in total. The Kier molecular flexibility index (Phi) is 4.56. The number of aryl methyl sites for hydroxylation is 2. The number of amides is 3. The van der Waals surface area contributed by atoms with Crippen molar-refractivity contribution in [2.24, 2.45) is 0 Å². The van der Waals surface area contributed by atoms with Crippen LogP contribution in [0.15, 0.2) is 72.9 Å². The van der Waals surface area contributed by atoms with E-state index in [1.807, 2.05) is 62.4 Å². The van der Waals surface area contributed by atoms with Crippen LogP contribution in [0.25, 0.3) is 10.9 Å². The van der Waals surface area contributed by atoms with Crippen LogP contribution in [-0.4, -0.2) is 22.7 Å². The van der Waals surface area contributed by atoms with E-state index >= 15 is 0 Å². The van der Waals surface area contributed by atoms with E-state index in [0.717, 1.165) is 22.0 Å². The number of anilines is 2. The summed E-state index contributed by atoms with van der Waals surface area (Å²) in [6, 6.07) is 19.6. The second-order valence-corrected chi connectivity index (χ2v) is 7.87. The highest BCUT2D eigenvalue weighted by atomic mass is 16.2. The number of carbonyl (C=O) groups is 3. The highest BCUT2D eigenvalue weighted by Gasteiger charge is 2.37.